The Morgan fingerprint density at radius 2 is 2.12 bits per heavy atom. The second kappa shape index (κ2) is 6.60. The Morgan fingerprint density at radius 1 is 1.31 bits per heavy atom. The molecule has 2 N–H and O–H groups in total. The monoisotopic (exact) mass is 225 g/mol. The zero-order valence-electron chi connectivity index (χ0n) is 8.93. The van der Waals surface area contributed by atoms with Crippen molar-refractivity contribution < 1.29 is 14.7 Å². The van der Waals surface area contributed by atoms with E-state index in [1.807, 2.05) is 0 Å². The van der Waals surface area contributed by atoms with E-state index in [-0.39, 0.29) is 12.5 Å². The summed E-state index contributed by atoms with van der Waals surface area (Å²) in [6, 6.07) is -0.212. The molecule has 0 unspecified atom stereocenters. The number of hydrogen-bond acceptors (Lipinski definition) is 3. The SMILES string of the molecule is O=C(O)CCCCCNC(=O)n1ccnc1. The maximum atomic E-state index is 11.4. The van der Waals surface area contributed by atoms with E-state index in [1.54, 1.807) is 6.20 Å². The molecule has 1 aromatic rings. The number of nitrogens with zero attached hydrogens (tertiary/aromatic N) is 2. The van der Waals surface area contributed by atoms with Crippen molar-refractivity contribution in [2.45, 2.75) is 25.7 Å². The first-order valence-electron chi connectivity index (χ1n) is 5.18. The Hall–Kier alpha value is -1.85. The number of carbonyl (C=O) groups is 2. The summed E-state index contributed by atoms with van der Waals surface area (Å²) in [5.41, 5.74) is 0. The zero-order chi connectivity index (χ0) is 11.8. The first kappa shape index (κ1) is 12.2. The molecule has 0 aromatic carbocycles. The molecule has 6 heteroatoms. The number of unbranched alkanes of at least 4 members (excludes halogenated alkanes) is 2. The van der Waals surface area contributed by atoms with Crippen LogP contribution in [0.4, 0.5) is 4.79 Å². The van der Waals surface area contributed by atoms with Crippen LogP contribution in [0.15, 0.2) is 18.7 Å². The minimum atomic E-state index is -0.776. The average Bonchev–Trinajstić information content (AvgIpc) is 2.75. The van der Waals surface area contributed by atoms with E-state index in [0.717, 1.165) is 12.8 Å². The van der Waals surface area contributed by atoms with Gasteiger partial charge in [-0.15, -0.1) is 0 Å². The molecule has 6 nitrogen and oxygen atoms in total. The molecule has 88 valence electrons. The van der Waals surface area contributed by atoms with Gasteiger partial charge in [-0.1, -0.05) is 6.42 Å². The summed E-state index contributed by atoms with van der Waals surface area (Å²) in [6.45, 7) is 0.552. The fourth-order valence-electron chi connectivity index (χ4n) is 1.24. The molecule has 0 fully saturated rings. The molecule has 0 atom stereocenters. The quantitative estimate of drug-likeness (QED) is 0.709. The first-order valence-corrected chi connectivity index (χ1v) is 5.18. The summed E-state index contributed by atoms with van der Waals surface area (Å²) in [5.74, 6) is -0.776. The summed E-state index contributed by atoms with van der Waals surface area (Å²) >= 11 is 0. The van der Waals surface area contributed by atoms with Crippen molar-refractivity contribution >= 4 is 12.0 Å². The third-order valence-electron chi connectivity index (χ3n) is 2.08. The molecule has 0 radical (unpaired) electrons. The molecule has 1 amide bonds. The molecule has 1 heterocycles. The number of aliphatic carboxylic acids is 1. The van der Waals surface area contributed by atoms with Crippen LogP contribution >= 0.6 is 0 Å². The van der Waals surface area contributed by atoms with Gasteiger partial charge in [-0.3, -0.25) is 9.36 Å². The van der Waals surface area contributed by atoms with E-state index in [1.165, 1.54) is 17.1 Å². The van der Waals surface area contributed by atoms with E-state index in [4.69, 9.17) is 5.11 Å². The van der Waals surface area contributed by atoms with Gasteiger partial charge in [0.25, 0.3) is 0 Å². The van der Waals surface area contributed by atoms with Crippen molar-refractivity contribution in [2.24, 2.45) is 0 Å². The molecule has 0 saturated carbocycles. The normalized spacial score (nSPS) is 10.0. The molecule has 1 aromatic heterocycles. The van der Waals surface area contributed by atoms with E-state index in [0.29, 0.717) is 13.0 Å². The Balaban J connectivity index is 2.03. The molecule has 0 aliphatic heterocycles. The van der Waals surface area contributed by atoms with Crippen molar-refractivity contribution in [2.75, 3.05) is 6.54 Å². The molecule has 0 spiro atoms. The standard InChI is InChI=1S/C10H15N3O3/c14-9(15)4-2-1-3-5-12-10(16)13-7-6-11-8-13/h6-8H,1-5H2,(H,12,16)(H,14,15). The summed E-state index contributed by atoms with van der Waals surface area (Å²) in [6.07, 6.45) is 6.96. The predicted octanol–water partition coefficient (Wildman–Crippen LogP) is 1.09. The molecule has 0 aliphatic rings. The van der Waals surface area contributed by atoms with Crippen LogP contribution in [0.2, 0.25) is 0 Å². The zero-order valence-corrected chi connectivity index (χ0v) is 8.93. The summed E-state index contributed by atoms with van der Waals surface area (Å²) in [5, 5.41) is 11.1. The second-order valence-corrected chi connectivity index (χ2v) is 3.41. The van der Waals surface area contributed by atoms with Crippen molar-refractivity contribution in [3.63, 3.8) is 0 Å². The fraction of sp³-hybridized carbons (Fsp3) is 0.500. The van der Waals surface area contributed by atoms with Crippen molar-refractivity contribution in [1.29, 1.82) is 0 Å². The fourth-order valence-corrected chi connectivity index (χ4v) is 1.24. The van der Waals surface area contributed by atoms with E-state index >= 15 is 0 Å². The average molecular weight is 225 g/mol. The number of carboxylic acids is 1. The van der Waals surface area contributed by atoms with Crippen molar-refractivity contribution in [3.8, 4) is 0 Å². The number of imidazole rings is 1. The maximum Gasteiger partial charge on any atom is 0.326 e. The predicted molar refractivity (Wildman–Crippen MR) is 57.1 cm³/mol. The van der Waals surface area contributed by atoms with Crippen LogP contribution in [0.1, 0.15) is 25.7 Å². The van der Waals surface area contributed by atoms with Crippen LogP contribution < -0.4 is 5.32 Å². The molecule has 1 rings (SSSR count). The van der Waals surface area contributed by atoms with Crippen molar-refractivity contribution in [3.05, 3.63) is 18.7 Å². The Labute approximate surface area is 93.3 Å². The number of rotatable bonds is 6. The topological polar surface area (TPSA) is 84.2 Å². The van der Waals surface area contributed by atoms with Crippen LogP contribution in [0.5, 0.6) is 0 Å². The van der Waals surface area contributed by atoms with Gasteiger partial charge in [0, 0.05) is 25.4 Å². The van der Waals surface area contributed by atoms with Crippen LogP contribution in [-0.4, -0.2) is 33.2 Å². The lowest BCUT2D eigenvalue weighted by Crippen LogP contribution is -2.28. The van der Waals surface area contributed by atoms with Crippen LogP contribution in [-0.2, 0) is 4.79 Å². The third-order valence-corrected chi connectivity index (χ3v) is 2.08. The van der Waals surface area contributed by atoms with Gasteiger partial charge in [-0.2, -0.15) is 0 Å². The number of carbonyl (C=O) groups excluding carboxylic acids is 1. The molecule has 0 aliphatic carbocycles. The number of amides is 1. The highest BCUT2D eigenvalue weighted by Gasteiger charge is 2.01. The van der Waals surface area contributed by atoms with Gasteiger partial charge in [-0.05, 0) is 12.8 Å². The lowest BCUT2D eigenvalue weighted by atomic mass is 10.2. The lowest BCUT2D eigenvalue weighted by molar-refractivity contribution is -0.137. The number of carboxylic acid groups (broad SMARTS) is 1. The second-order valence-electron chi connectivity index (χ2n) is 3.41. The highest BCUT2D eigenvalue weighted by atomic mass is 16.4. The third kappa shape index (κ3) is 4.59. The van der Waals surface area contributed by atoms with Crippen molar-refractivity contribution in [1.82, 2.24) is 14.9 Å². The maximum absolute atomic E-state index is 11.4. The minimum absolute atomic E-state index is 0.190. The molecular formula is C10H15N3O3. The lowest BCUT2D eigenvalue weighted by Gasteiger charge is -2.04. The van der Waals surface area contributed by atoms with E-state index in [2.05, 4.69) is 10.3 Å². The summed E-state index contributed by atoms with van der Waals surface area (Å²) in [4.78, 5) is 25.3. The van der Waals surface area contributed by atoms with Crippen LogP contribution in [0.3, 0.4) is 0 Å². The molecular weight excluding hydrogens is 210 g/mol. The number of nitrogens with one attached hydrogen (secondary N) is 1. The van der Waals surface area contributed by atoms with Gasteiger partial charge in [0.2, 0.25) is 0 Å². The molecule has 0 bridgehead atoms. The number of aromatic nitrogens is 2. The van der Waals surface area contributed by atoms with Gasteiger partial charge < -0.3 is 10.4 Å². The van der Waals surface area contributed by atoms with Crippen LogP contribution in [0.25, 0.3) is 0 Å². The summed E-state index contributed by atoms with van der Waals surface area (Å²) in [7, 11) is 0. The van der Waals surface area contributed by atoms with Gasteiger partial charge in [0.1, 0.15) is 6.33 Å². The largest absolute Gasteiger partial charge is 0.481 e. The summed E-state index contributed by atoms with van der Waals surface area (Å²) < 4.78 is 1.36. The van der Waals surface area contributed by atoms with Gasteiger partial charge >= 0.3 is 12.0 Å². The Morgan fingerprint density at radius 3 is 2.75 bits per heavy atom. The smallest absolute Gasteiger partial charge is 0.326 e. The van der Waals surface area contributed by atoms with E-state index in [9.17, 15) is 9.59 Å². The first-order chi connectivity index (χ1) is 7.70. The highest BCUT2D eigenvalue weighted by Crippen LogP contribution is 1.98. The van der Waals surface area contributed by atoms with Crippen LogP contribution in [0, 0.1) is 0 Å². The minimum Gasteiger partial charge on any atom is -0.481 e. The van der Waals surface area contributed by atoms with E-state index < -0.39 is 5.97 Å². The Kier molecular flexibility index (Phi) is 5.04. The highest BCUT2D eigenvalue weighted by molar-refractivity contribution is 5.76. The molecule has 0 saturated heterocycles. The van der Waals surface area contributed by atoms with Gasteiger partial charge in [0.05, 0.1) is 0 Å². The molecule has 16 heavy (non-hydrogen) atoms. The van der Waals surface area contributed by atoms with Gasteiger partial charge in [0.15, 0.2) is 0 Å². The number of hydrogen-bond donors (Lipinski definition) is 2. The van der Waals surface area contributed by atoms with Gasteiger partial charge in [-0.25, -0.2) is 9.78 Å². The Bertz CT molecular complexity index is 335.